The van der Waals surface area contributed by atoms with Crippen LogP contribution in [0.4, 0.5) is 8.78 Å². The summed E-state index contributed by atoms with van der Waals surface area (Å²) >= 11 is 3.16. The van der Waals surface area contributed by atoms with Crippen LogP contribution in [0.25, 0.3) is 0 Å². The van der Waals surface area contributed by atoms with Gasteiger partial charge in [0.1, 0.15) is 11.6 Å². The van der Waals surface area contributed by atoms with E-state index in [1.165, 1.54) is 24.3 Å². The molecule has 2 N–H and O–H groups in total. The molecule has 0 saturated heterocycles. The van der Waals surface area contributed by atoms with E-state index in [1.807, 2.05) is 6.92 Å². The van der Waals surface area contributed by atoms with E-state index in [0.29, 0.717) is 10.9 Å². The van der Waals surface area contributed by atoms with Crippen LogP contribution in [0.2, 0.25) is 0 Å². The summed E-state index contributed by atoms with van der Waals surface area (Å²) in [5.74, 6) is -0.651. The maximum Gasteiger partial charge on any atom is 0.165 e. The lowest BCUT2D eigenvalue weighted by Crippen LogP contribution is -2.21. The zero-order chi connectivity index (χ0) is 15.4. The molecule has 0 amide bonds. The number of rotatable bonds is 5. The van der Waals surface area contributed by atoms with Crippen LogP contribution < -0.4 is 10.5 Å². The standard InChI is InChI=1S/C16H16BrF2NO/c1-2-13(20)5-10-3-4-16(15(19)6-10)21-14-8-11(17)7-12(18)9-14/h3-4,6-9,13H,2,5,20H2,1H3. The monoisotopic (exact) mass is 355 g/mol. The van der Waals surface area contributed by atoms with Crippen molar-refractivity contribution in [1.82, 2.24) is 0 Å². The van der Waals surface area contributed by atoms with E-state index in [9.17, 15) is 8.78 Å². The summed E-state index contributed by atoms with van der Waals surface area (Å²) in [5, 5.41) is 0. The Labute approximate surface area is 131 Å². The highest BCUT2D eigenvalue weighted by Gasteiger charge is 2.09. The number of benzene rings is 2. The Morgan fingerprint density at radius 3 is 2.57 bits per heavy atom. The van der Waals surface area contributed by atoms with Crippen molar-refractivity contribution >= 4 is 15.9 Å². The summed E-state index contributed by atoms with van der Waals surface area (Å²) in [6.45, 7) is 1.99. The lowest BCUT2D eigenvalue weighted by molar-refractivity contribution is 0.437. The van der Waals surface area contributed by atoms with Crippen molar-refractivity contribution in [2.75, 3.05) is 0 Å². The van der Waals surface area contributed by atoms with Crippen molar-refractivity contribution in [2.45, 2.75) is 25.8 Å². The fourth-order valence-electron chi connectivity index (χ4n) is 1.92. The molecular formula is C16H16BrF2NO. The SMILES string of the molecule is CCC(N)Cc1ccc(Oc2cc(F)cc(Br)c2)c(F)c1. The van der Waals surface area contributed by atoms with Crippen molar-refractivity contribution in [3.05, 3.63) is 58.1 Å². The predicted octanol–water partition coefficient (Wildman–Crippen LogP) is 4.80. The third-order valence-corrected chi connectivity index (χ3v) is 3.54. The zero-order valence-electron chi connectivity index (χ0n) is 11.6. The number of hydrogen-bond donors (Lipinski definition) is 1. The fraction of sp³-hybridized carbons (Fsp3) is 0.250. The van der Waals surface area contributed by atoms with E-state index in [4.69, 9.17) is 10.5 Å². The number of hydrogen-bond acceptors (Lipinski definition) is 2. The van der Waals surface area contributed by atoms with E-state index >= 15 is 0 Å². The van der Waals surface area contributed by atoms with Crippen molar-refractivity contribution in [3.63, 3.8) is 0 Å². The van der Waals surface area contributed by atoms with Crippen molar-refractivity contribution < 1.29 is 13.5 Å². The topological polar surface area (TPSA) is 35.2 Å². The van der Waals surface area contributed by atoms with Gasteiger partial charge in [-0.1, -0.05) is 28.9 Å². The third-order valence-electron chi connectivity index (χ3n) is 3.08. The van der Waals surface area contributed by atoms with Gasteiger partial charge in [-0.25, -0.2) is 8.78 Å². The Kier molecular flexibility index (Phi) is 5.31. The summed E-state index contributed by atoms with van der Waals surface area (Å²) in [6.07, 6.45) is 1.44. The van der Waals surface area contributed by atoms with Crippen LogP contribution in [0.15, 0.2) is 40.9 Å². The van der Waals surface area contributed by atoms with Gasteiger partial charge in [-0.05, 0) is 42.7 Å². The van der Waals surface area contributed by atoms with Crippen molar-refractivity contribution in [3.8, 4) is 11.5 Å². The lowest BCUT2D eigenvalue weighted by Gasteiger charge is -2.11. The highest BCUT2D eigenvalue weighted by Crippen LogP contribution is 2.28. The molecule has 2 nitrogen and oxygen atoms in total. The molecule has 21 heavy (non-hydrogen) atoms. The van der Waals surface area contributed by atoms with Gasteiger partial charge in [0.2, 0.25) is 0 Å². The maximum absolute atomic E-state index is 14.0. The maximum atomic E-state index is 14.0. The van der Waals surface area contributed by atoms with Crippen LogP contribution in [-0.4, -0.2) is 6.04 Å². The van der Waals surface area contributed by atoms with Gasteiger partial charge in [0.25, 0.3) is 0 Å². The van der Waals surface area contributed by atoms with Gasteiger partial charge in [0, 0.05) is 16.6 Å². The first-order chi connectivity index (χ1) is 9.97. The van der Waals surface area contributed by atoms with Crippen LogP contribution in [-0.2, 0) is 6.42 Å². The van der Waals surface area contributed by atoms with Gasteiger partial charge in [-0.2, -0.15) is 0 Å². The van der Waals surface area contributed by atoms with Gasteiger partial charge in [-0.15, -0.1) is 0 Å². The molecule has 0 aliphatic carbocycles. The minimum atomic E-state index is -0.490. The molecule has 2 aromatic carbocycles. The molecule has 0 bridgehead atoms. The minimum Gasteiger partial charge on any atom is -0.454 e. The van der Waals surface area contributed by atoms with Gasteiger partial charge >= 0.3 is 0 Å². The van der Waals surface area contributed by atoms with E-state index in [1.54, 1.807) is 12.1 Å². The molecule has 0 heterocycles. The molecule has 0 spiro atoms. The second kappa shape index (κ2) is 7.00. The fourth-order valence-corrected chi connectivity index (χ4v) is 2.36. The summed E-state index contributed by atoms with van der Waals surface area (Å²) in [5.41, 5.74) is 6.66. The Morgan fingerprint density at radius 2 is 1.95 bits per heavy atom. The molecule has 2 rings (SSSR count). The number of ether oxygens (including phenoxy) is 1. The first-order valence-corrected chi connectivity index (χ1v) is 7.45. The normalized spacial score (nSPS) is 12.2. The molecule has 0 aliphatic rings. The number of halogens is 3. The highest BCUT2D eigenvalue weighted by atomic mass is 79.9. The van der Waals surface area contributed by atoms with Crippen LogP contribution >= 0.6 is 15.9 Å². The third kappa shape index (κ3) is 4.51. The number of nitrogens with two attached hydrogens (primary N) is 1. The predicted molar refractivity (Wildman–Crippen MR) is 82.5 cm³/mol. The molecule has 0 aromatic heterocycles. The van der Waals surface area contributed by atoms with E-state index < -0.39 is 11.6 Å². The van der Waals surface area contributed by atoms with Crippen LogP contribution in [0, 0.1) is 11.6 Å². The Morgan fingerprint density at radius 1 is 1.19 bits per heavy atom. The second-order valence-corrected chi connectivity index (χ2v) is 5.76. The van der Waals surface area contributed by atoms with E-state index in [-0.39, 0.29) is 17.5 Å². The molecule has 0 saturated carbocycles. The van der Waals surface area contributed by atoms with Crippen molar-refractivity contribution in [2.24, 2.45) is 5.73 Å². The quantitative estimate of drug-likeness (QED) is 0.835. The Balaban J connectivity index is 2.17. The molecule has 5 heteroatoms. The van der Waals surface area contributed by atoms with Gasteiger partial charge in [0.15, 0.2) is 11.6 Å². The average Bonchev–Trinajstić information content (AvgIpc) is 2.40. The minimum absolute atomic E-state index is 0.00958. The van der Waals surface area contributed by atoms with Crippen LogP contribution in [0.5, 0.6) is 11.5 Å². The van der Waals surface area contributed by atoms with Crippen LogP contribution in [0.3, 0.4) is 0 Å². The molecule has 1 atom stereocenters. The Bertz CT molecular complexity index is 613. The van der Waals surface area contributed by atoms with Crippen LogP contribution in [0.1, 0.15) is 18.9 Å². The summed E-state index contributed by atoms with van der Waals surface area (Å²) in [6, 6.07) is 8.79. The smallest absolute Gasteiger partial charge is 0.165 e. The molecule has 1 unspecified atom stereocenters. The summed E-state index contributed by atoms with van der Waals surface area (Å²) in [7, 11) is 0. The first kappa shape index (κ1) is 15.9. The van der Waals surface area contributed by atoms with E-state index in [0.717, 1.165) is 12.0 Å². The molecular weight excluding hydrogens is 340 g/mol. The van der Waals surface area contributed by atoms with Gasteiger partial charge in [0.05, 0.1) is 0 Å². The average molecular weight is 356 g/mol. The van der Waals surface area contributed by atoms with Crippen molar-refractivity contribution in [1.29, 1.82) is 0 Å². The van der Waals surface area contributed by atoms with E-state index in [2.05, 4.69) is 15.9 Å². The largest absolute Gasteiger partial charge is 0.454 e. The molecule has 0 aliphatic heterocycles. The lowest BCUT2D eigenvalue weighted by atomic mass is 10.0. The summed E-state index contributed by atoms with van der Waals surface area (Å²) < 4.78 is 33.2. The molecule has 0 radical (unpaired) electrons. The van der Waals surface area contributed by atoms with Gasteiger partial charge in [-0.3, -0.25) is 0 Å². The van der Waals surface area contributed by atoms with Gasteiger partial charge < -0.3 is 10.5 Å². The molecule has 112 valence electrons. The molecule has 0 fully saturated rings. The summed E-state index contributed by atoms with van der Waals surface area (Å²) in [4.78, 5) is 0. The Hall–Kier alpha value is -1.46. The zero-order valence-corrected chi connectivity index (χ0v) is 13.2. The highest BCUT2D eigenvalue weighted by molar-refractivity contribution is 9.10. The first-order valence-electron chi connectivity index (χ1n) is 6.66. The second-order valence-electron chi connectivity index (χ2n) is 4.84. The molecule has 2 aromatic rings.